The standard InChI is InChI=1S/C16H15ClN4OS/c1-20(15(22)14-3-2-8-21(14)10-18)16-19-13(9-23-16)11-4-6-12(17)7-5-11/h4-7,9,14H,2-3,8H2,1H3/t14-/m0/s1. The fraction of sp³-hybridized carbons (Fsp3) is 0.312. The van der Waals surface area contributed by atoms with E-state index in [1.165, 1.54) is 11.3 Å². The van der Waals surface area contributed by atoms with Crippen molar-refractivity contribution in [3.63, 3.8) is 0 Å². The van der Waals surface area contributed by atoms with Crippen molar-refractivity contribution < 1.29 is 4.79 Å². The summed E-state index contributed by atoms with van der Waals surface area (Å²) in [5.74, 6) is -0.0824. The number of thiazole rings is 1. The van der Waals surface area contributed by atoms with Crippen molar-refractivity contribution >= 4 is 34.0 Å². The summed E-state index contributed by atoms with van der Waals surface area (Å²) < 4.78 is 0. The number of amides is 1. The third-order valence-electron chi connectivity index (χ3n) is 3.92. The predicted octanol–water partition coefficient (Wildman–Crippen LogP) is 3.37. The van der Waals surface area contributed by atoms with E-state index in [0.717, 1.165) is 17.7 Å². The Morgan fingerprint density at radius 3 is 2.91 bits per heavy atom. The second-order valence-electron chi connectivity index (χ2n) is 5.37. The van der Waals surface area contributed by atoms with Gasteiger partial charge in [-0.3, -0.25) is 14.6 Å². The highest BCUT2D eigenvalue weighted by atomic mass is 35.5. The topological polar surface area (TPSA) is 60.2 Å². The molecule has 1 aliphatic rings. The number of likely N-dealkylation sites (N-methyl/N-ethyl adjacent to an activating group) is 1. The normalized spacial score (nSPS) is 17.1. The molecule has 0 spiro atoms. The van der Waals surface area contributed by atoms with Gasteiger partial charge in [0, 0.05) is 29.6 Å². The van der Waals surface area contributed by atoms with Crippen molar-refractivity contribution in [2.45, 2.75) is 18.9 Å². The molecule has 1 amide bonds. The lowest BCUT2D eigenvalue weighted by Gasteiger charge is -2.22. The summed E-state index contributed by atoms with van der Waals surface area (Å²) in [6.45, 7) is 0.647. The monoisotopic (exact) mass is 346 g/mol. The number of carbonyl (C=O) groups is 1. The molecule has 7 heteroatoms. The Morgan fingerprint density at radius 1 is 1.48 bits per heavy atom. The van der Waals surface area contributed by atoms with E-state index in [1.54, 1.807) is 16.8 Å². The van der Waals surface area contributed by atoms with Gasteiger partial charge in [0.25, 0.3) is 5.91 Å². The molecule has 3 rings (SSSR count). The minimum Gasteiger partial charge on any atom is -0.298 e. The molecule has 0 radical (unpaired) electrons. The van der Waals surface area contributed by atoms with Crippen LogP contribution in [0.25, 0.3) is 11.3 Å². The van der Waals surface area contributed by atoms with Gasteiger partial charge in [0.15, 0.2) is 11.3 Å². The molecule has 5 nitrogen and oxygen atoms in total. The molecule has 0 N–H and O–H groups in total. The third kappa shape index (κ3) is 3.16. The number of hydrogen-bond acceptors (Lipinski definition) is 5. The fourth-order valence-corrected chi connectivity index (χ4v) is 3.56. The van der Waals surface area contributed by atoms with Crippen LogP contribution in [0.2, 0.25) is 5.02 Å². The molecule has 1 saturated heterocycles. The number of hydrogen-bond donors (Lipinski definition) is 0. The Morgan fingerprint density at radius 2 is 2.22 bits per heavy atom. The highest BCUT2D eigenvalue weighted by Crippen LogP contribution is 2.29. The van der Waals surface area contributed by atoms with Gasteiger partial charge in [-0.1, -0.05) is 23.7 Å². The van der Waals surface area contributed by atoms with E-state index in [0.29, 0.717) is 23.1 Å². The summed E-state index contributed by atoms with van der Waals surface area (Å²) >= 11 is 7.31. The van der Waals surface area contributed by atoms with Crippen LogP contribution < -0.4 is 4.90 Å². The van der Waals surface area contributed by atoms with Crippen LogP contribution in [0.3, 0.4) is 0 Å². The molecule has 0 unspecified atom stereocenters. The number of rotatable bonds is 3. The van der Waals surface area contributed by atoms with Crippen LogP contribution in [-0.4, -0.2) is 35.4 Å². The van der Waals surface area contributed by atoms with E-state index in [4.69, 9.17) is 16.9 Å². The number of anilines is 1. The smallest absolute Gasteiger partial charge is 0.251 e. The van der Waals surface area contributed by atoms with Crippen LogP contribution in [0.5, 0.6) is 0 Å². The molecule has 1 atom stereocenters. The van der Waals surface area contributed by atoms with Gasteiger partial charge >= 0.3 is 0 Å². The molecule has 2 heterocycles. The second kappa shape index (κ2) is 6.57. The van der Waals surface area contributed by atoms with Crippen molar-refractivity contribution in [1.82, 2.24) is 9.88 Å². The molecule has 1 aliphatic heterocycles. The molecule has 0 bridgehead atoms. The summed E-state index contributed by atoms with van der Waals surface area (Å²) in [4.78, 5) is 20.2. The Hall–Kier alpha value is -2.10. The van der Waals surface area contributed by atoms with Crippen LogP contribution in [0.4, 0.5) is 5.13 Å². The average Bonchev–Trinajstić information content (AvgIpc) is 3.23. The summed E-state index contributed by atoms with van der Waals surface area (Å²) in [6, 6.07) is 7.06. The lowest BCUT2D eigenvalue weighted by Crippen LogP contribution is -2.42. The van der Waals surface area contributed by atoms with Crippen molar-refractivity contribution in [3.8, 4) is 17.5 Å². The number of carbonyl (C=O) groups excluding carboxylic acids is 1. The maximum atomic E-state index is 12.6. The third-order valence-corrected chi connectivity index (χ3v) is 5.08. The lowest BCUT2D eigenvalue weighted by atomic mass is 10.2. The minimum atomic E-state index is -0.368. The van der Waals surface area contributed by atoms with E-state index in [9.17, 15) is 4.79 Å². The van der Waals surface area contributed by atoms with Gasteiger partial charge in [0.2, 0.25) is 0 Å². The number of aromatic nitrogens is 1. The zero-order valence-electron chi connectivity index (χ0n) is 12.6. The molecule has 1 aromatic carbocycles. The molecular formula is C16H15ClN4OS. The van der Waals surface area contributed by atoms with Gasteiger partial charge in [-0.2, -0.15) is 5.26 Å². The van der Waals surface area contributed by atoms with E-state index in [-0.39, 0.29) is 11.9 Å². The fourth-order valence-electron chi connectivity index (χ4n) is 2.63. The van der Waals surface area contributed by atoms with E-state index in [1.807, 2.05) is 29.6 Å². The molecule has 1 fully saturated rings. The van der Waals surface area contributed by atoms with Gasteiger partial charge in [-0.15, -0.1) is 11.3 Å². The number of halogens is 1. The van der Waals surface area contributed by atoms with Gasteiger partial charge in [0.1, 0.15) is 6.04 Å². The Bertz CT molecular complexity index is 752. The summed E-state index contributed by atoms with van der Waals surface area (Å²) in [5.41, 5.74) is 1.77. The first kappa shape index (κ1) is 15.8. The van der Waals surface area contributed by atoms with E-state index >= 15 is 0 Å². The molecular weight excluding hydrogens is 332 g/mol. The van der Waals surface area contributed by atoms with Crippen molar-refractivity contribution in [2.75, 3.05) is 18.5 Å². The SMILES string of the molecule is CN(C(=O)[C@@H]1CCCN1C#N)c1nc(-c2ccc(Cl)cc2)cs1. The Kier molecular flexibility index (Phi) is 4.51. The van der Waals surface area contributed by atoms with Crippen LogP contribution >= 0.6 is 22.9 Å². The van der Waals surface area contributed by atoms with Crippen LogP contribution in [0.1, 0.15) is 12.8 Å². The van der Waals surface area contributed by atoms with E-state index < -0.39 is 0 Å². The maximum absolute atomic E-state index is 12.6. The molecule has 23 heavy (non-hydrogen) atoms. The lowest BCUT2D eigenvalue weighted by molar-refractivity contribution is -0.121. The molecule has 118 valence electrons. The zero-order chi connectivity index (χ0) is 16.4. The van der Waals surface area contributed by atoms with Crippen LogP contribution in [0, 0.1) is 11.5 Å². The number of benzene rings is 1. The summed E-state index contributed by atoms with van der Waals surface area (Å²) in [5, 5.41) is 12.3. The predicted molar refractivity (Wildman–Crippen MR) is 91.3 cm³/mol. The van der Waals surface area contributed by atoms with Gasteiger partial charge in [-0.05, 0) is 25.0 Å². The first-order valence-corrected chi connectivity index (χ1v) is 8.51. The maximum Gasteiger partial charge on any atom is 0.251 e. The number of nitrogens with zero attached hydrogens (tertiary/aromatic N) is 4. The van der Waals surface area contributed by atoms with Gasteiger partial charge in [-0.25, -0.2) is 4.98 Å². The quantitative estimate of drug-likeness (QED) is 0.799. The van der Waals surface area contributed by atoms with Crippen molar-refractivity contribution in [1.29, 1.82) is 5.26 Å². The van der Waals surface area contributed by atoms with Crippen LogP contribution in [0.15, 0.2) is 29.6 Å². The molecule has 0 aliphatic carbocycles. The molecule has 0 saturated carbocycles. The van der Waals surface area contributed by atoms with Gasteiger partial charge < -0.3 is 0 Å². The molecule has 1 aromatic heterocycles. The first-order valence-electron chi connectivity index (χ1n) is 7.25. The Labute approximate surface area is 143 Å². The summed E-state index contributed by atoms with van der Waals surface area (Å²) in [6.07, 6.45) is 3.68. The largest absolute Gasteiger partial charge is 0.298 e. The van der Waals surface area contributed by atoms with E-state index in [2.05, 4.69) is 11.2 Å². The second-order valence-corrected chi connectivity index (χ2v) is 6.64. The number of likely N-dealkylation sites (tertiary alicyclic amines) is 1. The van der Waals surface area contributed by atoms with Crippen molar-refractivity contribution in [3.05, 3.63) is 34.7 Å². The summed E-state index contributed by atoms with van der Waals surface area (Å²) in [7, 11) is 1.71. The first-order chi connectivity index (χ1) is 11.1. The van der Waals surface area contributed by atoms with Crippen molar-refractivity contribution in [2.24, 2.45) is 0 Å². The Balaban J connectivity index is 1.78. The minimum absolute atomic E-state index is 0.0824. The average molecular weight is 347 g/mol. The molecule has 2 aromatic rings. The van der Waals surface area contributed by atoms with Crippen LogP contribution in [-0.2, 0) is 4.79 Å². The highest BCUT2D eigenvalue weighted by Gasteiger charge is 2.33. The highest BCUT2D eigenvalue weighted by molar-refractivity contribution is 7.14. The zero-order valence-corrected chi connectivity index (χ0v) is 14.1. The number of nitriles is 1. The van der Waals surface area contributed by atoms with Gasteiger partial charge in [0.05, 0.1) is 5.69 Å².